The normalized spacial score (nSPS) is 20.8. The topological polar surface area (TPSA) is 169 Å². The fraction of sp³-hybridized carbons (Fsp3) is 0.458. The number of fused-ring (bicyclic) bond motifs is 1. The number of anilines is 5. The number of halogens is 1. The number of carbonyl (C=O) groups is 4. The van der Waals surface area contributed by atoms with Crippen molar-refractivity contribution in [3.8, 4) is 5.75 Å². The quantitative estimate of drug-likeness (QED) is 0.1000. The number of likely N-dealkylation sites (tertiary alicyclic amines) is 2. The first-order valence-electron chi connectivity index (χ1n) is 22.8. The van der Waals surface area contributed by atoms with E-state index in [2.05, 4.69) is 52.8 Å². The molecule has 4 saturated heterocycles. The molecule has 6 heterocycles. The maximum Gasteiger partial charge on any atom is 0.262 e. The van der Waals surface area contributed by atoms with E-state index in [0.29, 0.717) is 51.5 Å². The average Bonchev–Trinajstić information content (AvgIpc) is 3.55. The van der Waals surface area contributed by atoms with E-state index in [9.17, 15) is 23.7 Å². The van der Waals surface area contributed by atoms with Crippen LogP contribution in [0.4, 0.5) is 28.8 Å². The number of benzene rings is 3. The molecule has 0 spiro atoms. The zero-order chi connectivity index (χ0) is 45.4. The van der Waals surface area contributed by atoms with Gasteiger partial charge in [-0.2, -0.15) is 4.98 Å². The summed E-state index contributed by atoms with van der Waals surface area (Å²) < 4.78 is 18.8. The van der Waals surface area contributed by atoms with Crippen LogP contribution in [0.5, 0.6) is 5.75 Å². The second kappa shape index (κ2) is 18.9. The summed E-state index contributed by atoms with van der Waals surface area (Å²) in [5, 5.41) is 9.90. The van der Waals surface area contributed by atoms with E-state index < -0.39 is 30.9 Å². The molecular formula is C48H57ClN9O6P. The summed E-state index contributed by atoms with van der Waals surface area (Å²) in [5.41, 5.74) is 4.28. The van der Waals surface area contributed by atoms with Crippen molar-refractivity contribution in [3.63, 3.8) is 0 Å². The minimum atomic E-state index is -2.55. The Bertz CT molecular complexity index is 2530. The van der Waals surface area contributed by atoms with Crippen molar-refractivity contribution < 1.29 is 28.5 Å². The third-order valence-electron chi connectivity index (χ3n) is 13.9. The Morgan fingerprint density at radius 2 is 1.55 bits per heavy atom. The third kappa shape index (κ3) is 9.65. The lowest BCUT2D eigenvalue weighted by molar-refractivity contribution is -0.136. The maximum atomic E-state index is 13.4. The van der Waals surface area contributed by atoms with Crippen molar-refractivity contribution in [2.45, 2.75) is 69.4 Å². The molecule has 0 bridgehead atoms. The predicted octanol–water partition coefficient (Wildman–Crippen LogP) is 6.84. The molecule has 342 valence electrons. The van der Waals surface area contributed by atoms with Crippen LogP contribution in [-0.2, 0) is 14.2 Å². The zero-order valence-electron chi connectivity index (χ0n) is 37.2. The fourth-order valence-electron chi connectivity index (χ4n) is 10.3. The van der Waals surface area contributed by atoms with E-state index in [4.69, 9.17) is 16.3 Å². The molecule has 1 atom stereocenters. The highest BCUT2D eigenvalue weighted by Gasteiger charge is 2.45. The lowest BCUT2D eigenvalue weighted by atomic mass is 9.87. The number of carbonyl (C=O) groups excluding carboxylic acids is 4. The minimum Gasteiger partial charge on any atom is -0.495 e. The minimum absolute atomic E-state index is 0.101. The van der Waals surface area contributed by atoms with E-state index in [-0.39, 0.29) is 18.7 Å². The first-order valence-corrected chi connectivity index (χ1v) is 25.8. The Morgan fingerprint density at radius 1 is 0.815 bits per heavy atom. The summed E-state index contributed by atoms with van der Waals surface area (Å²) in [4.78, 5) is 68.4. The molecule has 0 aliphatic carbocycles. The van der Waals surface area contributed by atoms with Gasteiger partial charge >= 0.3 is 0 Å². The van der Waals surface area contributed by atoms with E-state index in [1.54, 1.807) is 38.8 Å². The van der Waals surface area contributed by atoms with Gasteiger partial charge < -0.3 is 34.6 Å². The van der Waals surface area contributed by atoms with Crippen LogP contribution in [0.15, 0.2) is 66.9 Å². The summed E-state index contributed by atoms with van der Waals surface area (Å²) in [5.74, 6) is 0.626. The van der Waals surface area contributed by atoms with Crippen molar-refractivity contribution in [1.29, 1.82) is 0 Å². The molecule has 4 aromatic rings. The van der Waals surface area contributed by atoms with E-state index in [0.717, 1.165) is 98.8 Å². The SMILES string of the molecule is COc1cc(C2CCN(C3CCN(CC4CCN(c5ccc6c(c5)C(=O)N(C5CCC(=O)NC5=O)C6=O)CC4)CC3)CC2)ccc1Nc1ncc(Cl)c(Nc2ccccc2P(C)(C)=O)n1. The summed E-state index contributed by atoms with van der Waals surface area (Å²) in [6.45, 7) is 10.7. The van der Waals surface area contributed by atoms with Crippen molar-refractivity contribution in [1.82, 2.24) is 30.0 Å². The molecule has 65 heavy (non-hydrogen) atoms. The number of amides is 4. The molecule has 1 aromatic heterocycles. The van der Waals surface area contributed by atoms with E-state index in [1.165, 1.54) is 18.4 Å². The van der Waals surface area contributed by atoms with Gasteiger partial charge in [0.1, 0.15) is 24.0 Å². The number of nitrogens with zero attached hydrogens (tertiary/aromatic N) is 6. The predicted molar refractivity (Wildman–Crippen MR) is 253 cm³/mol. The number of para-hydroxylation sites is 1. The summed E-state index contributed by atoms with van der Waals surface area (Å²) in [6, 6.07) is 18.9. The smallest absolute Gasteiger partial charge is 0.262 e. The number of rotatable bonds is 12. The van der Waals surface area contributed by atoms with Crippen LogP contribution >= 0.6 is 18.7 Å². The Hall–Kier alpha value is -5.34. The lowest BCUT2D eigenvalue weighted by Crippen LogP contribution is -2.54. The molecule has 9 rings (SSSR count). The molecule has 3 aromatic carbocycles. The van der Waals surface area contributed by atoms with Crippen LogP contribution in [0, 0.1) is 5.92 Å². The van der Waals surface area contributed by atoms with Crippen molar-refractivity contribution in [2.24, 2.45) is 5.92 Å². The molecule has 5 aliphatic heterocycles. The number of nitrogens with one attached hydrogen (secondary N) is 3. The van der Waals surface area contributed by atoms with Crippen molar-refractivity contribution in [3.05, 3.63) is 88.6 Å². The molecule has 0 radical (unpaired) electrons. The van der Waals surface area contributed by atoms with Gasteiger partial charge in [0.25, 0.3) is 11.8 Å². The van der Waals surface area contributed by atoms with Crippen LogP contribution in [-0.4, -0.2) is 127 Å². The Kier molecular flexibility index (Phi) is 13.0. The van der Waals surface area contributed by atoms with Gasteiger partial charge in [0.15, 0.2) is 5.82 Å². The Balaban J connectivity index is 0.724. The molecule has 0 saturated carbocycles. The molecular weight excluding hydrogens is 865 g/mol. The number of imide groups is 2. The first-order chi connectivity index (χ1) is 31.3. The molecule has 4 amide bonds. The zero-order valence-corrected chi connectivity index (χ0v) is 38.9. The third-order valence-corrected chi connectivity index (χ3v) is 15.8. The second-order valence-electron chi connectivity index (χ2n) is 18.4. The van der Waals surface area contributed by atoms with Crippen LogP contribution in [0.2, 0.25) is 5.02 Å². The number of hydrogen-bond acceptors (Lipinski definition) is 13. The molecule has 5 aliphatic rings. The van der Waals surface area contributed by atoms with Gasteiger partial charge in [-0.1, -0.05) is 29.8 Å². The van der Waals surface area contributed by atoms with Gasteiger partial charge in [0.2, 0.25) is 17.8 Å². The summed E-state index contributed by atoms with van der Waals surface area (Å²) in [6.07, 6.45) is 8.48. The number of piperidine rings is 4. The monoisotopic (exact) mass is 921 g/mol. The van der Waals surface area contributed by atoms with Crippen LogP contribution in [0.1, 0.15) is 83.6 Å². The van der Waals surface area contributed by atoms with E-state index >= 15 is 0 Å². The largest absolute Gasteiger partial charge is 0.495 e. The van der Waals surface area contributed by atoms with Gasteiger partial charge in [-0.25, -0.2) is 4.98 Å². The molecule has 17 heteroatoms. The fourth-order valence-corrected chi connectivity index (χ4v) is 11.6. The number of aromatic nitrogens is 2. The van der Waals surface area contributed by atoms with Gasteiger partial charge in [0.05, 0.1) is 35.8 Å². The average molecular weight is 922 g/mol. The highest BCUT2D eigenvalue weighted by Crippen LogP contribution is 2.40. The highest BCUT2D eigenvalue weighted by molar-refractivity contribution is 7.70. The molecule has 3 N–H and O–H groups in total. The van der Waals surface area contributed by atoms with E-state index in [1.807, 2.05) is 36.4 Å². The molecule has 15 nitrogen and oxygen atoms in total. The van der Waals surface area contributed by atoms with Crippen LogP contribution in [0.3, 0.4) is 0 Å². The first kappa shape index (κ1) is 44.8. The Morgan fingerprint density at radius 3 is 2.28 bits per heavy atom. The summed E-state index contributed by atoms with van der Waals surface area (Å²) >= 11 is 6.50. The highest BCUT2D eigenvalue weighted by atomic mass is 35.5. The summed E-state index contributed by atoms with van der Waals surface area (Å²) in [7, 11) is -0.873. The van der Waals surface area contributed by atoms with Crippen molar-refractivity contribution >= 4 is 76.5 Å². The lowest BCUT2D eigenvalue weighted by Gasteiger charge is -2.43. The Labute approximate surface area is 385 Å². The van der Waals surface area contributed by atoms with Gasteiger partial charge in [-0.05, 0) is 144 Å². The molecule has 1 unspecified atom stereocenters. The van der Waals surface area contributed by atoms with Crippen LogP contribution < -0.4 is 30.9 Å². The number of ether oxygens (including phenoxy) is 1. The number of hydrogen-bond donors (Lipinski definition) is 3. The standard InChI is InChI=1S/C48H57ClN9O6P/c1-64-41-26-32(8-11-38(41)52-48-50-28-37(49)44(54-48)51-39-6-4-5-7-42(39)65(2,3)63)31-16-24-56(25-17-31)33-18-20-55(21-19-33)29-30-14-22-57(23-15-30)34-9-10-35-36(27-34)47(62)58(46(35)61)40-12-13-43(59)53-45(40)60/h4-11,26-28,30-31,33,40H,12-25,29H2,1-3H3,(H,53,59,60)(H2,50,51,52,54). The number of methoxy groups -OCH3 is 1. The van der Waals surface area contributed by atoms with Crippen LogP contribution in [0.25, 0.3) is 0 Å². The maximum absolute atomic E-state index is 13.4. The van der Waals surface area contributed by atoms with Gasteiger partial charge in [0, 0.05) is 43.1 Å². The van der Waals surface area contributed by atoms with Crippen molar-refractivity contribution in [2.75, 3.05) is 81.8 Å². The second-order valence-corrected chi connectivity index (χ2v) is 22.0. The van der Waals surface area contributed by atoms with Gasteiger partial charge in [-0.15, -0.1) is 0 Å². The van der Waals surface area contributed by atoms with Gasteiger partial charge in [-0.3, -0.25) is 29.4 Å². The molecule has 4 fully saturated rings.